The fourth-order valence-electron chi connectivity index (χ4n) is 5.30. The monoisotopic (exact) mass is 597 g/mol. The van der Waals surface area contributed by atoms with Gasteiger partial charge in [0.25, 0.3) is 5.91 Å². The molecule has 2 unspecified atom stereocenters. The summed E-state index contributed by atoms with van der Waals surface area (Å²) in [6.07, 6.45) is 8.40. The van der Waals surface area contributed by atoms with Crippen molar-refractivity contribution in [2.75, 3.05) is 23.5 Å². The van der Waals surface area contributed by atoms with Gasteiger partial charge in [-0.2, -0.15) is 11.8 Å². The standard InChI is InChI=1S/C31H43NO6S2.Li.H/c1-4-40(36,37)21-25(18-23-11-6-5-7-12-23)38-20-24-14-15-27(28(19-24)26-13-9-8-10-22(26)2)30(33)32-29(31(34)35)16-17-39-3;;/h8-10,13-15,19,23,25,29H,4-7,11-12,16-18,20-21H2,1-3H3,(H,32,33)(H,34,35);;. The number of amides is 1. The van der Waals surface area contributed by atoms with Gasteiger partial charge in [0.05, 0.1) is 18.5 Å². The molecule has 7 nitrogen and oxygen atoms in total. The number of nitrogens with one attached hydrogen (secondary N) is 1. The molecule has 2 aromatic carbocycles. The molecule has 1 aliphatic carbocycles. The molecule has 0 radical (unpaired) electrons. The first-order chi connectivity index (χ1) is 19.1. The third-order valence-electron chi connectivity index (χ3n) is 7.66. The van der Waals surface area contributed by atoms with Crippen LogP contribution < -0.4 is 5.32 Å². The van der Waals surface area contributed by atoms with Crippen molar-refractivity contribution in [3.05, 3.63) is 59.2 Å². The summed E-state index contributed by atoms with van der Waals surface area (Å²) in [5.41, 5.74) is 3.76. The summed E-state index contributed by atoms with van der Waals surface area (Å²) in [5.74, 6) is -0.300. The van der Waals surface area contributed by atoms with E-state index in [0.717, 1.165) is 36.0 Å². The minimum atomic E-state index is -3.20. The molecular formula is C31H44LiNO6S2. The molecule has 1 amide bonds. The van der Waals surface area contributed by atoms with E-state index in [0.29, 0.717) is 29.2 Å². The number of carboxylic acids is 1. The van der Waals surface area contributed by atoms with Gasteiger partial charge in [-0.05, 0) is 72.1 Å². The van der Waals surface area contributed by atoms with Gasteiger partial charge in [-0.1, -0.05) is 69.4 Å². The van der Waals surface area contributed by atoms with Crippen LogP contribution in [0.4, 0.5) is 0 Å². The van der Waals surface area contributed by atoms with Crippen molar-refractivity contribution in [1.29, 1.82) is 0 Å². The van der Waals surface area contributed by atoms with Crippen LogP contribution in [0.5, 0.6) is 0 Å². The summed E-state index contributed by atoms with van der Waals surface area (Å²) in [6, 6.07) is 12.2. The molecule has 10 heteroatoms. The van der Waals surface area contributed by atoms with Gasteiger partial charge in [-0.3, -0.25) is 4.79 Å². The Kier molecular flexibility index (Phi) is 15.0. The maximum atomic E-state index is 13.3. The molecule has 2 N–H and O–H groups in total. The minimum absolute atomic E-state index is 0. The molecule has 0 aliphatic heterocycles. The molecular weight excluding hydrogens is 553 g/mol. The molecule has 1 aliphatic rings. The van der Waals surface area contributed by atoms with Gasteiger partial charge in [0.2, 0.25) is 0 Å². The Morgan fingerprint density at radius 3 is 2.44 bits per heavy atom. The maximum absolute atomic E-state index is 13.3. The van der Waals surface area contributed by atoms with Crippen LogP contribution in [0.3, 0.4) is 0 Å². The Bertz CT molecular complexity index is 1250. The molecule has 41 heavy (non-hydrogen) atoms. The number of carboxylic acid groups (broad SMARTS) is 1. The van der Waals surface area contributed by atoms with Crippen LogP contribution in [0.1, 0.15) is 73.4 Å². The molecule has 222 valence electrons. The molecule has 0 saturated heterocycles. The van der Waals surface area contributed by atoms with Gasteiger partial charge in [-0.15, -0.1) is 0 Å². The SMILES string of the molecule is CCS(=O)(=O)CC(CC1CCCCC1)OCc1ccc(C(=O)NC(CCSC)C(=O)O)c(-c2ccccc2C)c1.[LiH]. The summed E-state index contributed by atoms with van der Waals surface area (Å²) in [7, 11) is -3.20. The van der Waals surface area contributed by atoms with Crippen LogP contribution in [0.15, 0.2) is 42.5 Å². The zero-order valence-electron chi connectivity index (χ0n) is 23.9. The predicted molar refractivity (Wildman–Crippen MR) is 170 cm³/mol. The molecule has 0 aromatic heterocycles. The average molecular weight is 598 g/mol. The first kappa shape index (κ1) is 35.4. The number of carbonyl (C=O) groups is 2. The van der Waals surface area contributed by atoms with Gasteiger partial charge in [0.15, 0.2) is 9.84 Å². The quantitative estimate of drug-likeness (QED) is 0.270. The number of thioether (sulfide) groups is 1. The second kappa shape index (κ2) is 17.4. The fraction of sp³-hybridized carbons (Fsp3) is 0.548. The van der Waals surface area contributed by atoms with Crippen molar-refractivity contribution in [3.63, 3.8) is 0 Å². The molecule has 1 saturated carbocycles. The zero-order chi connectivity index (χ0) is 29.1. The van der Waals surface area contributed by atoms with Crippen molar-refractivity contribution in [2.24, 2.45) is 5.92 Å². The number of benzene rings is 2. The normalized spacial score (nSPS) is 15.5. The Hall–Kier alpha value is -1.76. The van der Waals surface area contributed by atoms with Crippen molar-refractivity contribution < 1.29 is 27.9 Å². The van der Waals surface area contributed by atoms with Crippen LogP contribution in [0.25, 0.3) is 11.1 Å². The van der Waals surface area contributed by atoms with E-state index in [4.69, 9.17) is 4.74 Å². The molecule has 3 rings (SSSR count). The number of rotatable bonds is 15. The summed E-state index contributed by atoms with van der Waals surface area (Å²) in [4.78, 5) is 25.1. The average Bonchev–Trinajstić information content (AvgIpc) is 2.94. The second-order valence-electron chi connectivity index (χ2n) is 10.7. The van der Waals surface area contributed by atoms with E-state index in [2.05, 4.69) is 5.32 Å². The Morgan fingerprint density at radius 2 is 1.80 bits per heavy atom. The van der Waals surface area contributed by atoms with Crippen LogP contribution in [-0.2, 0) is 26.0 Å². The Balaban J connectivity index is 0.00000588. The molecule has 0 spiro atoms. The van der Waals surface area contributed by atoms with Crippen molar-refractivity contribution >= 4 is 52.3 Å². The zero-order valence-corrected chi connectivity index (χ0v) is 25.5. The molecule has 0 bridgehead atoms. The van der Waals surface area contributed by atoms with Crippen molar-refractivity contribution in [2.45, 2.75) is 77.5 Å². The number of aryl methyl sites for hydroxylation is 1. The van der Waals surface area contributed by atoms with E-state index >= 15 is 0 Å². The molecule has 1 fully saturated rings. The third-order valence-corrected chi connectivity index (χ3v) is 10.1. The van der Waals surface area contributed by atoms with Gasteiger partial charge in [-0.25, -0.2) is 13.2 Å². The molecule has 2 aromatic rings. The van der Waals surface area contributed by atoms with Gasteiger partial charge in [0.1, 0.15) is 6.04 Å². The van der Waals surface area contributed by atoms with Crippen LogP contribution in [0.2, 0.25) is 0 Å². The first-order valence-corrected chi connectivity index (χ1v) is 17.4. The molecule has 0 heterocycles. The Labute approximate surface area is 261 Å². The van der Waals surface area contributed by atoms with E-state index < -0.39 is 27.8 Å². The number of aliphatic carboxylic acids is 1. The number of ether oxygens (including phenoxy) is 1. The number of hydrogen-bond donors (Lipinski definition) is 2. The van der Waals surface area contributed by atoms with E-state index in [-0.39, 0.29) is 43.1 Å². The summed E-state index contributed by atoms with van der Waals surface area (Å²) < 4.78 is 31.3. The van der Waals surface area contributed by atoms with Crippen molar-refractivity contribution in [3.8, 4) is 11.1 Å². The van der Waals surface area contributed by atoms with E-state index in [1.807, 2.05) is 43.5 Å². The number of carbonyl (C=O) groups excluding carboxylic acids is 1. The van der Waals surface area contributed by atoms with Gasteiger partial charge >= 0.3 is 24.8 Å². The van der Waals surface area contributed by atoms with Crippen LogP contribution >= 0.6 is 11.8 Å². The first-order valence-electron chi connectivity index (χ1n) is 14.2. The predicted octanol–water partition coefficient (Wildman–Crippen LogP) is 5.24. The summed E-state index contributed by atoms with van der Waals surface area (Å²) >= 11 is 1.53. The summed E-state index contributed by atoms with van der Waals surface area (Å²) in [5, 5.41) is 12.3. The van der Waals surface area contributed by atoms with Crippen LogP contribution in [-0.4, -0.2) is 79.9 Å². The fourth-order valence-corrected chi connectivity index (χ4v) is 6.81. The Morgan fingerprint density at radius 1 is 1.10 bits per heavy atom. The van der Waals surface area contributed by atoms with E-state index in [9.17, 15) is 23.1 Å². The summed E-state index contributed by atoms with van der Waals surface area (Å²) in [6.45, 7) is 3.86. The number of hydrogen-bond acceptors (Lipinski definition) is 6. The van der Waals surface area contributed by atoms with E-state index in [1.54, 1.807) is 19.1 Å². The second-order valence-corrected chi connectivity index (χ2v) is 14.1. The van der Waals surface area contributed by atoms with Crippen LogP contribution in [0, 0.1) is 12.8 Å². The topological polar surface area (TPSA) is 110 Å². The number of sulfone groups is 1. The van der Waals surface area contributed by atoms with E-state index in [1.165, 1.54) is 31.0 Å². The van der Waals surface area contributed by atoms with Crippen molar-refractivity contribution in [1.82, 2.24) is 5.32 Å². The molecule has 2 atom stereocenters. The van der Waals surface area contributed by atoms with Gasteiger partial charge < -0.3 is 15.2 Å². The van der Waals surface area contributed by atoms with Gasteiger partial charge in [0, 0.05) is 11.3 Å². The third kappa shape index (κ3) is 11.1.